The first kappa shape index (κ1) is 19.6. The molecule has 0 radical (unpaired) electrons. The van der Waals surface area contributed by atoms with Crippen LogP contribution in [0.15, 0.2) is 91.0 Å². The molecule has 3 aromatic rings. The number of rotatable bonds is 8. The Morgan fingerprint density at radius 1 is 0.714 bits per heavy atom. The van der Waals surface area contributed by atoms with Crippen LogP contribution < -0.4 is 0 Å². The molecule has 3 rings (SSSR count). The maximum absolute atomic E-state index is 13.1. The minimum atomic E-state index is -0.160. The molecule has 3 nitrogen and oxygen atoms in total. The fraction of sp³-hybridized carbons (Fsp3) is 0.200. The zero-order valence-electron chi connectivity index (χ0n) is 16.1. The second kappa shape index (κ2) is 9.65. The Balaban J connectivity index is 1.80. The lowest BCUT2D eigenvalue weighted by atomic mass is 9.96. The van der Waals surface area contributed by atoms with Crippen molar-refractivity contribution >= 4 is 11.7 Å². The van der Waals surface area contributed by atoms with Crippen molar-refractivity contribution in [2.24, 2.45) is 0 Å². The van der Waals surface area contributed by atoms with Crippen LogP contribution in [0.4, 0.5) is 0 Å². The van der Waals surface area contributed by atoms with Gasteiger partial charge in [0.25, 0.3) is 0 Å². The minimum Gasteiger partial charge on any atom is -0.332 e. The monoisotopic (exact) mass is 371 g/mol. The first-order valence-electron chi connectivity index (χ1n) is 9.68. The number of hydrogen-bond acceptors (Lipinski definition) is 2. The van der Waals surface area contributed by atoms with Crippen molar-refractivity contribution in [3.8, 4) is 0 Å². The topological polar surface area (TPSA) is 37.4 Å². The van der Waals surface area contributed by atoms with Gasteiger partial charge in [-0.15, -0.1) is 0 Å². The highest BCUT2D eigenvalue weighted by Gasteiger charge is 2.25. The molecule has 0 saturated carbocycles. The Bertz CT molecular complexity index is 852. The number of Topliss-reactive ketones (excluding diaryl/α,β-unsaturated/α-hetero) is 1. The lowest BCUT2D eigenvalue weighted by Crippen LogP contribution is -2.35. The zero-order valence-corrected chi connectivity index (χ0v) is 16.1. The Morgan fingerprint density at radius 2 is 1.18 bits per heavy atom. The summed E-state index contributed by atoms with van der Waals surface area (Å²) in [4.78, 5) is 27.3. The van der Waals surface area contributed by atoms with Crippen LogP contribution in [0.3, 0.4) is 0 Å². The summed E-state index contributed by atoms with van der Waals surface area (Å²) in [6.07, 6.45) is 0.424. The van der Waals surface area contributed by atoms with Gasteiger partial charge in [0.05, 0.1) is 6.04 Å². The van der Waals surface area contributed by atoms with Crippen LogP contribution in [0, 0.1) is 0 Å². The van der Waals surface area contributed by atoms with Crippen molar-refractivity contribution in [2.45, 2.75) is 25.8 Å². The molecule has 0 atom stereocenters. The van der Waals surface area contributed by atoms with E-state index >= 15 is 0 Å². The highest BCUT2D eigenvalue weighted by Crippen LogP contribution is 2.29. The molecule has 0 aliphatic carbocycles. The van der Waals surface area contributed by atoms with Crippen molar-refractivity contribution < 1.29 is 9.59 Å². The molecule has 3 heteroatoms. The molecule has 0 saturated heterocycles. The number of hydrogen-bond donors (Lipinski definition) is 0. The van der Waals surface area contributed by atoms with E-state index in [0.29, 0.717) is 12.1 Å². The van der Waals surface area contributed by atoms with Crippen molar-refractivity contribution in [3.05, 3.63) is 108 Å². The Kier molecular flexibility index (Phi) is 6.74. The summed E-state index contributed by atoms with van der Waals surface area (Å²) in [5.41, 5.74) is 2.79. The van der Waals surface area contributed by atoms with E-state index in [9.17, 15) is 9.59 Å². The molecule has 0 unspecified atom stereocenters. The first-order valence-corrected chi connectivity index (χ1v) is 9.68. The molecule has 1 amide bonds. The third kappa shape index (κ3) is 4.74. The van der Waals surface area contributed by atoms with Gasteiger partial charge in [0, 0.05) is 24.9 Å². The van der Waals surface area contributed by atoms with Gasteiger partial charge in [-0.1, -0.05) is 91.0 Å². The summed E-state index contributed by atoms with van der Waals surface area (Å²) in [5, 5.41) is 0. The number of carbonyl (C=O) groups excluding carboxylic acids is 2. The molecule has 0 aromatic heterocycles. The van der Waals surface area contributed by atoms with E-state index in [1.54, 1.807) is 12.1 Å². The summed E-state index contributed by atoms with van der Waals surface area (Å²) >= 11 is 0. The summed E-state index contributed by atoms with van der Waals surface area (Å²) in [6.45, 7) is 2.56. The van der Waals surface area contributed by atoms with Gasteiger partial charge in [0.2, 0.25) is 5.91 Å². The first-order chi connectivity index (χ1) is 13.7. The average molecular weight is 371 g/mol. The van der Waals surface area contributed by atoms with Gasteiger partial charge in [-0.2, -0.15) is 0 Å². The SMILES string of the molecule is CCN(C(=O)CCC(=O)c1ccccc1)C(c1ccccc1)c1ccccc1. The fourth-order valence-electron chi connectivity index (χ4n) is 3.46. The number of amides is 1. The Morgan fingerprint density at radius 3 is 1.64 bits per heavy atom. The van der Waals surface area contributed by atoms with Crippen LogP contribution in [0.2, 0.25) is 0 Å². The standard InChI is InChI=1S/C25H25NO2/c1-2-26(24(28)19-18-23(27)20-12-6-3-7-13-20)25(21-14-8-4-9-15-21)22-16-10-5-11-17-22/h3-17,25H,2,18-19H2,1H3. The molecule has 142 valence electrons. The quantitative estimate of drug-likeness (QED) is 0.505. The number of carbonyl (C=O) groups is 2. The van der Waals surface area contributed by atoms with E-state index in [2.05, 4.69) is 0 Å². The summed E-state index contributed by atoms with van der Waals surface area (Å²) in [6, 6.07) is 29.1. The van der Waals surface area contributed by atoms with E-state index in [0.717, 1.165) is 11.1 Å². The number of ketones is 1. The molecule has 0 bridgehead atoms. The maximum atomic E-state index is 13.1. The van der Waals surface area contributed by atoms with Gasteiger partial charge < -0.3 is 4.90 Å². The van der Waals surface area contributed by atoms with Gasteiger partial charge in [-0.05, 0) is 18.1 Å². The highest BCUT2D eigenvalue weighted by atomic mass is 16.2. The smallest absolute Gasteiger partial charge is 0.223 e. The highest BCUT2D eigenvalue weighted by molar-refractivity contribution is 5.97. The Hall–Kier alpha value is -3.20. The number of nitrogens with zero attached hydrogens (tertiary/aromatic N) is 1. The molecule has 3 aromatic carbocycles. The van der Waals surface area contributed by atoms with Crippen LogP contribution in [0.25, 0.3) is 0 Å². The van der Waals surface area contributed by atoms with Crippen molar-refractivity contribution in [1.29, 1.82) is 0 Å². The van der Waals surface area contributed by atoms with E-state index in [1.807, 2.05) is 90.7 Å². The van der Waals surface area contributed by atoms with E-state index in [-0.39, 0.29) is 30.6 Å². The van der Waals surface area contributed by atoms with Gasteiger partial charge in [-0.25, -0.2) is 0 Å². The van der Waals surface area contributed by atoms with Gasteiger partial charge in [-0.3, -0.25) is 9.59 Å². The fourth-order valence-corrected chi connectivity index (χ4v) is 3.46. The molecule has 0 fully saturated rings. The van der Waals surface area contributed by atoms with Crippen LogP contribution >= 0.6 is 0 Å². The van der Waals surface area contributed by atoms with E-state index < -0.39 is 0 Å². The molecular weight excluding hydrogens is 346 g/mol. The van der Waals surface area contributed by atoms with Crippen LogP contribution in [-0.2, 0) is 4.79 Å². The van der Waals surface area contributed by atoms with E-state index in [4.69, 9.17) is 0 Å². The van der Waals surface area contributed by atoms with Crippen LogP contribution in [0.5, 0.6) is 0 Å². The Labute approximate surface area is 166 Å². The summed E-state index contributed by atoms with van der Waals surface area (Å²) < 4.78 is 0. The van der Waals surface area contributed by atoms with Crippen molar-refractivity contribution in [3.63, 3.8) is 0 Å². The molecule has 0 heterocycles. The molecule has 0 aliphatic heterocycles. The second-order valence-corrected chi connectivity index (χ2v) is 6.69. The lowest BCUT2D eigenvalue weighted by molar-refractivity contribution is -0.132. The third-order valence-corrected chi connectivity index (χ3v) is 4.87. The van der Waals surface area contributed by atoms with Gasteiger partial charge in [0.1, 0.15) is 0 Å². The molecule has 0 spiro atoms. The van der Waals surface area contributed by atoms with Gasteiger partial charge >= 0.3 is 0 Å². The zero-order chi connectivity index (χ0) is 19.8. The molecular formula is C25H25NO2. The largest absolute Gasteiger partial charge is 0.332 e. The predicted octanol–water partition coefficient (Wildman–Crippen LogP) is 5.29. The molecule has 0 N–H and O–H groups in total. The third-order valence-electron chi connectivity index (χ3n) is 4.87. The summed E-state index contributed by atoms with van der Waals surface area (Å²) in [5.74, 6) is -0.00883. The van der Waals surface area contributed by atoms with Crippen molar-refractivity contribution in [1.82, 2.24) is 4.90 Å². The maximum Gasteiger partial charge on any atom is 0.223 e. The van der Waals surface area contributed by atoms with Crippen LogP contribution in [-0.4, -0.2) is 23.1 Å². The lowest BCUT2D eigenvalue weighted by Gasteiger charge is -2.32. The average Bonchev–Trinajstić information content (AvgIpc) is 2.77. The minimum absolute atomic E-state index is 0.000903. The molecule has 28 heavy (non-hydrogen) atoms. The van der Waals surface area contributed by atoms with E-state index in [1.165, 1.54) is 0 Å². The van der Waals surface area contributed by atoms with Crippen molar-refractivity contribution in [2.75, 3.05) is 6.54 Å². The summed E-state index contributed by atoms with van der Waals surface area (Å²) in [7, 11) is 0. The second-order valence-electron chi connectivity index (χ2n) is 6.69. The van der Waals surface area contributed by atoms with Gasteiger partial charge in [0.15, 0.2) is 5.78 Å². The normalized spacial score (nSPS) is 10.6. The molecule has 0 aliphatic rings. The number of benzene rings is 3. The van der Waals surface area contributed by atoms with Crippen LogP contribution in [0.1, 0.15) is 47.3 Å². The predicted molar refractivity (Wildman–Crippen MR) is 112 cm³/mol.